The van der Waals surface area contributed by atoms with Crippen LogP contribution in [-0.4, -0.2) is 39.5 Å². The van der Waals surface area contributed by atoms with Crippen molar-refractivity contribution in [3.63, 3.8) is 0 Å². The van der Waals surface area contributed by atoms with Gasteiger partial charge in [0.1, 0.15) is 11.7 Å². The SMILES string of the molecule is O=C(Nc1ccc(Cl)cc1Cl)C1CCCCN1C(=O)c1ccc(=O)[nH]n1. The number of likely N-dealkylation sites (tertiary alicyclic amines) is 1. The summed E-state index contributed by atoms with van der Waals surface area (Å²) in [5.41, 5.74) is 0.127. The zero-order valence-electron chi connectivity index (χ0n) is 13.7. The molecule has 0 bridgehead atoms. The highest BCUT2D eigenvalue weighted by Gasteiger charge is 2.33. The highest BCUT2D eigenvalue weighted by molar-refractivity contribution is 6.36. The Labute approximate surface area is 159 Å². The van der Waals surface area contributed by atoms with Gasteiger partial charge in [-0.15, -0.1) is 0 Å². The second-order valence-electron chi connectivity index (χ2n) is 5.93. The smallest absolute Gasteiger partial charge is 0.274 e. The van der Waals surface area contributed by atoms with Gasteiger partial charge in [0, 0.05) is 17.6 Å². The van der Waals surface area contributed by atoms with Crippen molar-refractivity contribution in [2.45, 2.75) is 25.3 Å². The third-order valence-electron chi connectivity index (χ3n) is 4.15. The number of aromatic amines is 1. The summed E-state index contributed by atoms with van der Waals surface area (Å²) >= 11 is 12.0. The van der Waals surface area contributed by atoms with E-state index >= 15 is 0 Å². The number of aromatic nitrogens is 2. The molecule has 2 N–H and O–H groups in total. The van der Waals surface area contributed by atoms with E-state index in [0.717, 1.165) is 12.8 Å². The normalized spacial score (nSPS) is 17.0. The van der Waals surface area contributed by atoms with Crippen LogP contribution in [0.5, 0.6) is 0 Å². The Balaban J connectivity index is 1.79. The van der Waals surface area contributed by atoms with E-state index in [1.165, 1.54) is 23.1 Å². The standard InChI is InChI=1S/C17H16Cl2N4O3/c18-10-4-5-12(11(19)9-10)20-16(25)14-3-1-2-8-23(14)17(26)13-6-7-15(24)22-21-13/h4-7,9,14H,1-3,8H2,(H,20,25)(H,22,24). The van der Waals surface area contributed by atoms with E-state index in [0.29, 0.717) is 28.7 Å². The molecule has 3 rings (SSSR count). The minimum absolute atomic E-state index is 0.0915. The molecule has 2 heterocycles. The number of nitrogens with zero attached hydrogens (tertiary/aromatic N) is 2. The number of anilines is 1. The van der Waals surface area contributed by atoms with Gasteiger partial charge in [0.2, 0.25) is 5.91 Å². The average molecular weight is 395 g/mol. The zero-order chi connectivity index (χ0) is 18.7. The van der Waals surface area contributed by atoms with Gasteiger partial charge in [-0.05, 0) is 43.5 Å². The summed E-state index contributed by atoms with van der Waals surface area (Å²) in [4.78, 5) is 38.0. The van der Waals surface area contributed by atoms with Crippen LogP contribution in [0.25, 0.3) is 0 Å². The van der Waals surface area contributed by atoms with Crippen molar-refractivity contribution in [3.05, 3.63) is 56.4 Å². The molecule has 1 aromatic heterocycles. The number of amides is 2. The average Bonchev–Trinajstić information content (AvgIpc) is 2.64. The first-order valence-corrected chi connectivity index (χ1v) is 8.84. The third kappa shape index (κ3) is 4.05. The first-order valence-electron chi connectivity index (χ1n) is 8.08. The van der Waals surface area contributed by atoms with Crippen LogP contribution in [0.3, 0.4) is 0 Å². The number of benzene rings is 1. The number of piperidine rings is 1. The number of hydrogen-bond acceptors (Lipinski definition) is 4. The number of H-pyrrole nitrogens is 1. The molecule has 1 atom stereocenters. The lowest BCUT2D eigenvalue weighted by Gasteiger charge is -2.34. The Morgan fingerprint density at radius 2 is 2.00 bits per heavy atom. The van der Waals surface area contributed by atoms with Crippen molar-refractivity contribution in [2.75, 3.05) is 11.9 Å². The maximum atomic E-state index is 12.7. The lowest BCUT2D eigenvalue weighted by Crippen LogP contribution is -2.50. The van der Waals surface area contributed by atoms with Crippen LogP contribution < -0.4 is 10.9 Å². The molecule has 1 aliphatic heterocycles. The molecule has 2 aromatic rings. The monoisotopic (exact) mass is 394 g/mol. The highest BCUT2D eigenvalue weighted by atomic mass is 35.5. The topological polar surface area (TPSA) is 95.2 Å². The molecule has 136 valence electrons. The molecule has 1 aromatic carbocycles. The number of halogens is 2. The van der Waals surface area contributed by atoms with Crippen LogP contribution in [-0.2, 0) is 4.79 Å². The van der Waals surface area contributed by atoms with Crippen LogP contribution in [0, 0.1) is 0 Å². The van der Waals surface area contributed by atoms with Gasteiger partial charge in [-0.1, -0.05) is 23.2 Å². The molecule has 0 aliphatic carbocycles. The van der Waals surface area contributed by atoms with Gasteiger partial charge < -0.3 is 10.2 Å². The summed E-state index contributed by atoms with van der Waals surface area (Å²) in [6.45, 7) is 0.437. The molecule has 26 heavy (non-hydrogen) atoms. The maximum Gasteiger partial charge on any atom is 0.274 e. The van der Waals surface area contributed by atoms with E-state index in [9.17, 15) is 14.4 Å². The first-order chi connectivity index (χ1) is 12.5. The zero-order valence-corrected chi connectivity index (χ0v) is 15.2. The fraction of sp³-hybridized carbons (Fsp3) is 0.294. The van der Waals surface area contributed by atoms with Crippen LogP contribution in [0.4, 0.5) is 5.69 Å². The second kappa shape index (κ2) is 7.88. The van der Waals surface area contributed by atoms with Crippen LogP contribution in [0.2, 0.25) is 10.0 Å². The van der Waals surface area contributed by atoms with E-state index in [4.69, 9.17) is 23.2 Å². The number of carbonyl (C=O) groups is 2. The number of nitrogens with one attached hydrogen (secondary N) is 2. The van der Waals surface area contributed by atoms with Gasteiger partial charge in [-0.25, -0.2) is 5.10 Å². The Morgan fingerprint density at radius 3 is 2.69 bits per heavy atom. The van der Waals surface area contributed by atoms with Gasteiger partial charge in [-0.2, -0.15) is 5.10 Å². The lowest BCUT2D eigenvalue weighted by molar-refractivity contribution is -0.121. The molecule has 0 saturated carbocycles. The molecule has 7 nitrogen and oxygen atoms in total. The summed E-state index contributed by atoms with van der Waals surface area (Å²) in [6, 6.07) is 6.70. The molecule has 1 unspecified atom stereocenters. The molecule has 9 heteroatoms. The predicted octanol–water partition coefficient (Wildman–Crippen LogP) is 2.71. The fourth-order valence-electron chi connectivity index (χ4n) is 2.86. The van der Waals surface area contributed by atoms with Crippen molar-refractivity contribution >= 4 is 40.7 Å². The maximum absolute atomic E-state index is 12.7. The van der Waals surface area contributed by atoms with E-state index in [1.54, 1.807) is 12.1 Å². The van der Waals surface area contributed by atoms with Crippen molar-refractivity contribution in [3.8, 4) is 0 Å². The summed E-state index contributed by atoms with van der Waals surface area (Å²) < 4.78 is 0. The Bertz CT molecular complexity index is 879. The molecular formula is C17H16Cl2N4O3. The predicted molar refractivity (Wildman–Crippen MR) is 98.6 cm³/mol. The second-order valence-corrected chi connectivity index (χ2v) is 6.77. The van der Waals surface area contributed by atoms with Crippen molar-refractivity contribution in [1.29, 1.82) is 0 Å². The van der Waals surface area contributed by atoms with Gasteiger partial charge in [0.25, 0.3) is 11.5 Å². The number of rotatable bonds is 3. The summed E-state index contributed by atoms with van der Waals surface area (Å²) in [5, 5.41) is 9.53. The van der Waals surface area contributed by atoms with Crippen molar-refractivity contribution in [1.82, 2.24) is 15.1 Å². The van der Waals surface area contributed by atoms with Crippen LogP contribution in [0.1, 0.15) is 29.8 Å². The van der Waals surface area contributed by atoms with Crippen molar-refractivity contribution < 1.29 is 9.59 Å². The van der Waals surface area contributed by atoms with Gasteiger partial charge >= 0.3 is 0 Å². The molecule has 1 fully saturated rings. The Kier molecular flexibility index (Phi) is 5.58. The minimum Gasteiger partial charge on any atom is -0.325 e. The molecule has 2 amide bonds. The van der Waals surface area contributed by atoms with E-state index in [2.05, 4.69) is 15.5 Å². The first kappa shape index (κ1) is 18.4. The van der Waals surface area contributed by atoms with E-state index in [-0.39, 0.29) is 11.6 Å². The highest BCUT2D eigenvalue weighted by Crippen LogP contribution is 2.27. The van der Waals surface area contributed by atoms with Crippen LogP contribution in [0.15, 0.2) is 35.1 Å². The molecule has 0 spiro atoms. The van der Waals surface area contributed by atoms with Crippen LogP contribution >= 0.6 is 23.2 Å². The fourth-order valence-corrected chi connectivity index (χ4v) is 3.32. The lowest BCUT2D eigenvalue weighted by atomic mass is 10.0. The summed E-state index contributed by atoms with van der Waals surface area (Å²) in [5.74, 6) is -0.727. The third-order valence-corrected chi connectivity index (χ3v) is 4.70. The largest absolute Gasteiger partial charge is 0.325 e. The minimum atomic E-state index is -0.642. The van der Waals surface area contributed by atoms with Crippen molar-refractivity contribution in [2.24, 2.45) is 0 Å². The van der Waals surface area contributed by atoms with E-state index in [1.807, 2.05) is 0 Å². The quantitative estimate of drug-likeness (QED) is 0.836. The van der Waals surface area contributed by atoms with Gasteiger partial charge in [-0.3, -0.25) is 14.4 Å². The summed E-state index contributed by atoms with van der Waals surface area (Å²) in [7, 11) is 0. The molecule has 0 radical (unpaired) electrons. The molecular weight excluding hydrogens is 379 g/mol. The number of carbonyl (C=O) groups excluding carboxylic acids is 2. The number of hydrogen-bond donors (Lipinski definition) is 2. The summed E-state index contributed by atoms with van der Waals surface area (Å²) in [6.07, 6.45) is 2.15. The Hall–Kier alpha value is -2.38. The van der Waals surface area contributed by atoms with E-state index < -0.39 is 17.5 Å². The van der Waals surface area contributed by atoms with Gasteiger partial charge in [0.05, 0.1) is 10.7 Å². The molecule has 1 aliphatic rings. The molecule has 1 saturated heterocycles. The van der Waals surface area contributed by atoms with Gasteiger partial charge in [0.15, 0.2) is 0 Å². The Morgan fingerprint density at radius 1 is 1.19 bits per heavy atom.